The van der Waals surface area contributed by atoms with Gasteiger partial charge in [0.1, 0.15) is 0 Å². The van der Waals surface area contributed by atoms with Gasteiger partial charge in [-0.1, -0.05) is 30.3 Å². The first kappa shape index (κ1) is 17.6. The molecule has 0 amide bonds. The SMILES string of the molecule is O=[N+]([O-])c1ccc(-n2cccc2/C=N/n2c(-c3ccccc3)n[nH]c2=S)cc1. The third-order valence-corrected chi connectivity index (χ3v) is 4.37. The maximum atomic E-state index is 10.8. The second-order valence-electron chi connectivity index (χ2n) is 5.85. The van der Waals surface area contributed by atoms with Gasteiger partial charge in [-0.15, -0.1) is 0 Å². The molecular formula is C19H14N6O2S. The fourth-order valence-electron chi connectivity index (χ4n) is 2.76. The summed E-state index contributed by atoms with van der Waals surface area (Å²) in [6, 6.07) is 19.7. The number of non-ortho nitro benzene ring substituents is 1. The molecule has 0 aliphatic heterocycles. The van der Waals surface area contributed by atoms with Crippen LogP contribution in [-0.4, -0.2) is 30.6 Å². The Morgan fingerprint density at radius 3 is 2.54 bits per heavy atom. The Labute approximate surface area is 164 Å². The molecule has 138 valence electrons. The largest absolute Gasteiger partial charge is 0.316 e. The number of aromatic nitrogens is 4. The molecule has 4 rings (SSSR count). The van der Waals surface area contributed by atoms with Crippen LogP contribution in [0.2, 0.25) is 0 Å². The Kier molecular flexibility index (Phi) is 4.65. The Morgan fingerprint density at radius 1 is 1.07 bits per heavy atom. The third-order valence-electron chi connectivity index (χ3n) is 4.11. The van der Waals surface area contributed by atoms with Crippen LogP contribution >= 0.6 is 12.2 Å². The van der Waals surface area contributed by atoms with Crippen molar-refractivity contribution in [3.8, 4) is 17.1 Å². The quantitative estimate of drug-likeness (QED) is 0.239. The zero-order valence-corrected chi connectivity index (χ0v) is 15.3. The summed E-state index contributed by atoms with van der Waals surface area (Å²) in [7, 11) is 0. The highest BCUT2D eigenvalue weighted by molar-refractivity contribution is 7.71. The van der Waals surface area contributed by atoms with E-state index in [0.717, 1.165) is 16.9 Å². The van der Waals surface area contributed by atoms with E-state index in [1.165, 1.54) is 12.1 Å². The van der Waals surface area contributed by atoms with Gasteiger partial charge in [0.05, 0.1) is 16.8 Å². The van der Waals surface area contributed by atoms with E-state index in [9.17, 15) is 10.1 Å². The normalized spacial score (nSPS) is 11.1. The maximum Gasteiger partial charge on any atom is 0.269 e. The van der Waals surface area contributed by atoms with Crippen molar-refractivity contribution in [2.45, 2.75) is 0 Å². The van der Waals surface area contributed by atoms with Gasteiger partial charge < -0.3 is 4.57 Å². The second kappa shape index (κ2) is 7.41. The van der Waals surface area contributed by atoms with E-state index in [-0.39, 0.29) is 5.69 Å². The average Bonchev–Trinajstić information content (AvgIpc) is 3.33. The first-order valence-corrected chi connectivity index (χ1v) is 8.74. The van der Waals surface area contributed by atoms with E-state index < -0.39 is 4.92 Å². The molecule has 0 fully saturated rings. The Bertz CT molecular complexity index is 1210. The average molecular weight is 390 g/mol. The minimum Gasteiger partial charge on any atom is -0.316 e. The van der Waals surface area contributed by atoms with Crippen LogP contribution in [0.3, 0.4) is 0 Å². The molecule has 0 radical (unpaired) electrons. The number of hydrogen-bond donors (Lipinski definition) is 1. The van der Waals surface area contributed by atoms with Gasteiger partial charge in [-0.05, 0) is 36.5 Å². The summed E-state index contributed by atoms with van der Waals surface area (Å²) in [5.74, 6) is 0.607. The monoisotopic (exact) mass is 390 g/mol. The molecule has 28 heavy (non-hydrogen) atoms. The Morgan fingerprint density at radius 2 is 1.82 bits per heavy atom. The molecule has 9 heteroatoms. The van der Waals surface area contributed by atoms with Crippen molar-refractivity contribution < 1.29 is 4.92 Å². The van der Waals surface area contributed by atoms with Gasteiger partial charge in [-0.25, -0.2) is 5.10 Å². The highest BCUT2D eigenvalue weighted by atomic mass is 32.1. The fraction of sp³-hybridized carbons (Fsp3) is 0. The molecule has 4 aromatic rings. The molecule has 0 aliphatic rings. The molecular weight excluding hydrogens is 376 g/mol. The molecule has 0 saturated heterocycles. The fourth-order valence-corrected chi connectivity index (χ4v) is 2.94. The molecule has 0 unspecified atom stereocenters. The summed E-state index contributed by atoms with van der Waals surface area (Å²) >= 11 is 5.29. The van der Waals surface area contributed by atoms with Gasteiger partial charge in [0.2, 0.25) is 4.77 Å². The van der Waals surface area contributed by atoms with Gasteiger partial charge in [0.15, 0.2) is 5.82 Å². The predicted octanol–water partition coefficient (Wildman–Crippen LogP) is 4.19. The molecule has 2 heterocycles. The van der Waals surface area contributed by atoms with Gasteiger partial charge in [-0.2, -0.15) is 14.9 Å². The van der Waals surface area contributed by atoms with Crippen LogP contribution in [0, 0.1) is 14.9 Å². The Hall–Kier alpha value is -3.85. The molecule has 1 N–H and O–H groups in total. The van der Waals surface area contributed by atoms with E-state index in [1.54, 1.807) is 23.0 Å². The van der Waals surface area contributed by atoms with Crippen molar-refractivity contribution >= 4 is 24.1 Å². The minimum absolute atomic E-state index is 0.0447. The topological polar surface area (TPSA) is 94.0 Å². The molecule has 0 spiro atoms. The molecule has 0 atom stereocenters. The first-order chi connectivity index (χ1) is 13.6. The first-order valence-electron chi connectivity index (χ1n) is 8.33. The zero-order valence-electron chi connectivity index (χ0n) is 14.5. The van der Waals surface area contributed by atoms with Crippen LogP contribution < -0.4 is 0 Å². The van der Waals surface area contributed by atoms with Crippen molar-refractivity contribution in [1.29, 1.82) is 0 Å². The lowest BCUT2D eigenvalue weighted by molar-refractivity contribution is -0.384. The number of hydrogen-bond acceptors (Lipinski definition) is 5. The summed E-state index contributed by atoms with van der Waals surface area (Å²) in [6.45, 7) is 0. The molecule has 0 saturated carbocycles. The Balaban J connectivity index is 1.68. The number of nitrogens with one attached hydrogen (secondary N) is 1. The summed E-state index contributed by atoms with van der Waals surface area (Å²) in [5.41, 5.74) is 2.51. The lowest BCUT2D eigenvalue weighted by atomic mass is 10.2. The maximum absolute atomic E-state index is 10.8. The summed E-state index contributed by atoms with van der Waals surface area (Å²) < 4.78 is 3.81. The van der Waals surface area contributed by atoms with Crippen LogP contribution in [0.15, 0.2) is 78.0 Å². The van der Waals surface area contributed by atoms with Gasteiger partial charge in [-0.3, -0.25) is 10.1 Å². The van der Waals surface area contributed by atoms with Crippen molar-refractivity contribution in [3.05, 3.63) is 93.5 Å². The summed E-state index contributed by atoms with van der Waals surface area (Å²) in [6.07, 6.45) is 3.52. The van der Waals surface area contributed by atoms with Crippen LogP contribution in [-0.2, 0) is 0 Å². The van der Waals surface area contributed by atoms with E-state index in [2.05, 4.69) is 15.3 Å². The number of nitro benzene ring substituents is 1. The number of benzene rings is 2. The third kappa shape index (κ3) is 3.38. The van der Waals surface area contributed by atoms with Crippen LogP contribution in [0.25, 0.3) is 17.1 Å². The van der Waals surface area contributed by atoms with E-state index in [1.807, 2.05) is 53.2 Å². The molecule has 2 aromatic heterocycles. The van der Waals surface area contributed by atoms with Crippen LogP contribution in [0.4, 0.5) is 5.69 Å². The summed E-state index contributed by atoms with van der Waals surface area (Å²) in [5, 5.41) is 22.3. The number of rotatable bonds is 5. The number of aromatic amines is 1. The minimum atomic E-state index is -0.423. The van der Waals surface area contributed by atoms with Gasteiger partial charge in [0.25, 0.3) is 5.69 Å². The molecule has 0 aliphatic carbocycles. The van der Waals surface area contributed by atoms with Crippen molar-refractivity contribution in [1.82, 2.24) is 19.4 Å². The lowest BCUT2D eigenvalue weighted by Crippen LogP contribution is -2.00. The van der Waals surface area contributed by atoms with Crippen LogP contribution in [0.1, 0.15) is 5.69 Å². The highest BCUT2D eigenvalue weighted by Gasteiger charge is 2.09. The lowest BCUT2D eigenvalue weighted by Gasteiger charge is -2.06. The van der Waals surface area contributed by atoms with E-state index in [4.69, 9.17) is 12.2 Å². The number of nitro groups is 1. The van der Waals surface area contributed by atoms with Gasteiger partial charge >= 0.3 is 0 Å². The van der Waals surface area contributed by atoms with E-state index in [0.29, 0.717) is 10.6 Å². The van der Waals surface area contributed by atoms with E-state index >= 15 is 0 Å². The second-order valence-corrected chi connectivity index (χ2v) is 6.24. The predicted molar refractivity (Wildman–Crippen MR) is 108 cm³/mol. The smallest absolute Gasteiger partial charge is 0.269 e. The zero-order chi connectivity index (χ0) is 19.5. The van der Waals surface area contributed by atoms with Gasteiger partial charge in [0, 0.05) is 29.6 Å². The van der Waals surface area contributed by atoms with Crippen molar-refractivity contribution in [2.75, 3.05) is 0 Å². The number of nitrogens with zero attached hydrogens (tertiary/aromatic N) is 5. The van der Waals surface area contributed by atoms with Crippen molar-refractivity contribution in [2.24, 2.45) is 5.10 Å². The van der Waals surface area contributed by atoms with Crippen molar-refractivity contribution in [3.63, 3.8) is 0 Å². The summed E-state index contributed by atoms with van der Waals surface area (Å²) in [4.78, 5) is 10.4. The van der Waals surface area contributed by atoms with Crippen LogP contribution in [0.5, 0.6) is 0 Å². The number of H-pyrrole nitrogens is 1. The standard InChI is InChI=1S/C19H14N6O2S/c26-25(27)16-10-8-15(9-11-16)23-12-4-7-17(23)13-20-24-18(21-22-19(24)28)14-5-2-1-3-6-14/h1-13H,(H,22,28)/b20-13+. The molecule has 2 aromatic carbocycles. The molecule has 8 nitrogen and oxygen atoms in total. The highest BCUT2D eigenvalue weighted by Crippen LogP contribution is 2.18. The molecule has 0 bridgehead atoms.